The molecular formula is C11H15N5. The normalized spacial score (nSPS) is 10.6. The van der Waals surface area contributed by atoms with Crippen molar-refractivity contribution in [3.05, 3.63) is 24.3 Å². The standard InChI is InChI=1S/C11H15N5/c1-3-6-16-8(2)14-7-10(16)9-4-5-13-11(12)15-9/h4-5,7H,3,6H2,1-2H3,(H2,12,13,15). The van der Waals surface area contributed by atoms with Crippen molar-refractivity contribution in [2.45, 2.75) is 26.8 Å². The molecule has 5 nitrogen and oxygen atoms in total. The maximum atomic E-state index is 5.57. The smallest absolute Gasteiger partial charge is 0.220 e. The predicted molar refractivity (Wildman–Crippen MR) is 62.7 cm³/mol. The molecule has 2 aromatic rings. The van der Waals surface area contributed by atoms with Gasteiger partial charge in [0, 0.05) is 12.7 Å². The molecule has 2 rings (SSSR count). The fourth-order valence-corrected chi connectivity index (χ4v) is 1.69. The SMILES string of the molecule is CCCn1c(-c2ccnc(N)n2)cnc1C. The van der Waals surface area contributed by atoms with Crippen LogP contribution in [0.5, 0.6) is 0 Å². The van der Waals surface area contributed by atoms with Gasteiger partial charge in [0.2, 0.25) is 5.95 Å². The zero-order valence-corrected chi connectivity index (χ0v) is 9.51. The fraction of sp³-hybridized carbons (Fsp3) is 0.364. The van der Waals surface area contributed by atoms with Gasteiger partial charge < -0.3 is 10.3 Å². The van der Waals surface area contributed by atoms with Gasteiger partial charge in [0.05, 0.1) is 17.6 Å². The van der Waals surface area contributed by atoms with Crippen LogP contribution in [-0.2, 0) is 6.54 Å². The van der Waals surface area contributed by atoms with Gasteiger partial charge in [-0.05, 0) is 19.4 Å². The average Bonchev–Trinajstić information content (AvgIpc) is 2.61. The Balaban J connectivity index is 2.47. The van der Waals surface area contributed by atoms with E-state index in [2.05, 4.69) is 26.4 Å². The van der Waals surface area contributed by atoms with Gasteiger partial charge in [-0.1, -0.05) is 6.92 Å². The summed E-state index contributed by atoms with van der Waals surface area (Å²) in [4.78, 5) is 12.4. The van der Waals surface area contributed by atoms with Crippen molar-refractivity contribution in [3.63, 3.8) is 0 Å². The molecule has 2 N–H and O–H groups in total. The maximum Gasteiger partial charge on any atom is 0.220 e. The van der Waals surface area contributed by atoms with Crippen LogP contribution < -0.4 is 5.73 Å². The zero-order chi connectivity index (χ0) is 11.5. The zero-order valence-electron chi connectivity index (χ0n) is 9.51. The van der Waals surface area contributed by atoms with E-state index in [1.807, 2.05) is 19.2 Å². The summed E-state index contributed by atoms with van der Waals surface area (Å²) in [5.41, 5.74) is 7.39. The average molecular weight is 217 g/mol. The van der Waals surface area contributed by atoms with E-state index < -0.39 is 0 Å². The first-order valence-corrected chi connectivity index (χ1v) is 5.33. The number of anilines is 1. The lowest BCUT2D eigenvalue weighted by molar-refractivity contribution is 0.662. The Labute approximate surface area is 94.4 Å². The van der Waals surface area contributed by atoms with E-state index in [-0.39, 0.29) is 0 Å². The Hall–Kier alpha value is -1.91. The highest BCUT2D eigenvalue weighted by molar-refractivity contribution is 5.55. The van der Waals surface area contributed by atoms with Gasteiger partial charge in [-0.25, -0.2) is 15.0 Å². The molecule has 0 aliphatic rings. The number of nitrogens with zero attached hydrogens (tertiary/aromatic N) is 4. The third kappa shape index (κ3) is 1.88. The minimum atomic E-state index is 0.291. The van der Waals surface area contributed by atoms with Crippen LogP contribution in [0.25, 0.3) is 11.4 Å². The van der Waals surface area contributed by atoms with Gasteiger partial charge in [-0.15, -0.1) is 0 Å². The number of nitrogen functional groups attached to an aromatic ring is 1. The second-order valence-electron chi connectivity index (χ2n) is 3.64. The molecule has 0 fully saturated rings. The van der Waals surface area contributed by atoms with Gasteiger partial charge in [0.1, 0.15) is 5.82 Å². The summed E-state index contributed by atoms with van der Waals surface area (Å²) in [5.74, 6) is 1.29. The molecular weight excluding hydrogens is 202 g/mol. The minimum Gasteiger partial charge on any atom is -0.368 e. The van der Waals surface area contributed by atoms with Crippen LogP contribution in [0.3, 0.4) is 0 Å². The largest absolute Gasteiger partial charge is 0.368 e. The third-order valence-electron chi connectivity index (χ3n) is 2.44. The summed E-state index contributed by atoms with van der Waals surface area (Å²) >= 11 is 0. The van der Waals surface area contributed by atoms with Crippen LogP contribution in [0.1, 0.15) is 19.2 Å². The first kappa shape index (κ1) is 10.6. The highest BCUT2D eigenvalue weighted by Crippen LogP contribution is 2.19. The molecule has 2 heterocycles. The molecule has 5 heteroatoms. The molecule has 0 spiro atoms. The van der Waals surface area contributed by atoms with Crippen molar-refractivity contribution < 1.29 is 0 Å². The van der Waals surface area contributed by atoms with E-state index >= 15 is 0 Å². The Morgan fingerprint density at radius 3 is 2.88 bits per heavy atom. The highest BCUT2D eigenvalue weighted by Gasteiger charge is 2.09. The summed E-state index contributed by atoms with van der Waals surface area (Å²) in [6.07, 6.45) is 4.55. The quantitative estimate of drug-likeness (QED) is 0.848. The first-order chi connectivity index (χ1) is 7.72. The van der Waals surface area contributed by atoms with Gasteiger partial charge in [-0.2, -0.15) is 0 Å². The molecule has 0 unspecified atom stereocenters. The number of aryl methyl sites for hydroxylation is 1. The molecule has 16 heavy (non-hydrogen) atoms. The van der Waals surface area contributed by atoms with Crippen LogP contribution >= 0.6 is 0 Å². The number of nitrogens with two attached hydrogens (primary N) is 1. The van der Waals surface area contributed by atoms with E-state index in [0.29, 0.717) is 5.95 Å². The lowest BCUT2D eigenvalue weighted by Crippen LogP contribution is -2.03. The lowest BCUT2D eigenvalue weighted by Gasteiger charge is -2.08. The van der Waals surface area contributed by atoms with E-state index in [1.54, 1.807) is 6.20 Å². The molecule has 0 aliphatic heterocycles. The van der Waals surface area contributed by atoms with Crippen molar-refractivity contribution in [2.24, 2.45) is 0 Å². The molecule has 0 atom stereocenters. The molecule has 0 aliphatic carbocycles. The molecule has 2 aromatic heterocycles. The van der Waals surface area contributed by atoms with Crippen LogP contribution in [0.2, 0.25) is 0 Å². The van der Waals surface area contributed by atoms with Crippen molar-refractivity contribution in [3.8, 4) is 11.4 Å². The summed E-state index contributed by atoms with van der Waals surface area (Å²) in [6, 6.07) is 1.85. The van der Waals surface area contributed by atoms with E-state index in [9.17, 15) is 0 Å². The number of hydrogen-bond donors (Lipinski definition) is 1. The summed E-state index contributed by atoms with van der Waals surface area (Å²) in [6.45, 7) is 5.06. The number of rotatable bonds is 3. The summed E-state index contributed by atoms with van der Waals surface area (Å²) in [7, 11) is 0. The molecule has 0 saturated carbocycles. The first-order valence-electron chi connectivity index (χ1n) is 5.33. The minimum absolute atomic E-state index is 0.291. The van der Waals surface area contributed by atoms with Crippen LogP contribution in [0.15, 0.2) is 18.5 Å². The molecule has 0 saturated heterocycles. The molecule has 84 valence electrons. The van der Waals surface area contributed by atoms with Crippen LogP contribution in [0.4, 0.5) is 5.95 Å². The van der Waals surface area contributed by atoms with Gasteiger partial charge in [0.25, 0.3) is 0 Å². The predicted octanol–water partition coefficient (Wildman–Crippen LogP) is 1.64. The topological polar surface area (TPSA) is 69.6 Å². The second-order valence-corrected chi connectivity index (χ2v) is 3.64. The van der Waals surface area contributed by atoms with Crippen LogP contribution in [-0.4, -0.2) is 19.5 Å². The Morgan fingerprint density at radius 1 is 1.38 bits per heavy atom. The monoisotopic (exact) mass is 217 g/mol. The summed E-state index contributed by atoms with van der Waals surface area (Å²) < 4.78 is 2.14. The van der Waals surface area contributed by atoms with Crippen molar-refractivity contribution >= 4 is 5.95 Å². The number of imidazole rings is 1. The lowest BCUT2D eigenvalue weighted by atomic mass is 10.3. The van der Waals surface area contributed by atoms with E-state index in [1.165, 1.54) is 0 Å². The Kier molecular flexibility index (Phi) is 2.85. The second kappa shape index (κ2) is 4.30. The van der Waals surface area contributed by atoms with E-state index in [0.717, 1.165) is 30.2 Å². The molecule has 0 radical (unpaired) electrons. The van der Waals surface area contributed by atoms with Crippen molar-refractivity contribution in [1.29, 1.82) is 0 Å². The van der Waals surface area contributed by atoms with Crippen molar-refractivity contribution in [2.75, 3.05) is 5.73 Å². The van der Waals surface area contributed by atoms with Gasteiger partial charge in [0.15, 0.2) is 0 Å². The fourth-order valence-electron chi connectivity index (χ4n) is 1.69. The third-order valence-corrected chi connectivity index (χ3v) is 2.44. The summed E-state index contributed by atoms with van der Waals surface area (Å²) in [5, 5.41) is 0. The Bertz CT molecular complexity index is 489. The highest BCUT2D eigenvalue weighted by atomic mass is 15.1. The Morgan fingerprint density at radius 2 is 2.19 bits per heavy atom. The molecule has 0 amide bonds. The number of hydrogen-bond acceptors (Lipinski definition) is 4. The van der Waals surface area contributed by atoms with Crippen molar-refractivity contribution in [1.82, 2.24) is 19.5 Å². The van der Waals surface area contributed by atoms with E-state index in [4.69, 9.17) is 5.73 Å². The van der Waals surface area contributed by atoms with Gasteiger partial charge >= 0.3 is 0 Å². The molecule has 0 aromatic carbocycles. The number of aromatic nitrogens is 4. The van der Waals surface area contributed by atoms with Gasteiger partial charge in [-0.3, -0.25) is 0 Å². The maximum absolute atomic E-state index is 5.57. The van der Waals surface area contributed by atoms with Crippen LogP contribution in [0, 0.1) is 6.92 Å². The molecule has 0 bridgehead atoms.